The number of fused-ring (bicyclic) bond motifs is 1. The zero-order valence-electron chi connectivity index (χ0n) is 16.4. The summed E-state index contributed by atoms with van der Waals surface area (Å²) in [4.78, 5) is 19.4. The maximum Gasteiger partial charge on any atom is 0.224 e. The molecule has 0 saturated carbocycles. The molecule has 1 amide bonds. The van der Waals surface area contributed by atoms with Gasteiger partial charge in [-0.2, -0.15) is 0 Å². The lowest BCUT2D eigenvalue weighted by molar-refractivity contribution is -0.117. The summed E-state index contributed by atoms with van der Waals surface area (Å²) in [5.74, 6) is 0.556. The minimum absolute atomic E-state index is 0.122. The molecule has 1 aliphatic rings. The highest BCUT2D eigenvalue weighted by Gasteiger charge is 2.21. The minimum atomic E-state index is 0.122. The molecule has 1 saturated heterocycles. The summed E-state index contributed by atoms with van der Waals surface area (Å²) >= 11 is 0. The zero-order valence-corrected chi connectivity index (χ0v) is 16.4. The molecular formula is C24H27N3O. The molecule has 1 fully saturated rings. The van der Waals surface area contributed by atoms with Crippen molar-refractivity contribution in [3.05, 3.63) is 66.4 Å². The van der Waals surface area contributed by atoms with Crippen LogP contribution in [0.1, 0.15) is 31.2 Å². The Labute approximate surface area is 166 Å². The quantitative estimate of drug-likeness (QED) is 0.685. The first kappa shape index (κ1) is 18.5. The van der Waals surface area contributed by atoms with Gasteiger partial charge in [0.05, 0.1) is 5.52 Å². The Bertz CT molecular complexity index is 946. The number of carbonyl (C=O) groups excluding carboxylic acids is 1. The fraction of sp³-hybridized carbons (Fsp3) is 0.333. The Balaban J connectivity index is 1.38. The Morgan fingerprint density at radius 2 is 1.89 bits per heavy atom. The van der Waals surface area contributed by atoms with Crippen LogP contribution in [-0.2, 0) is 4.79 Å². The van der Waals surface area contributed by atoms with E-state index in [-0.39, 0.29) is 5.91 Å². The average molecular weight is 374 g/mol. The van der Waals surface area contributed by atoms with Crippen LogP contribution in [-0.4, -0.2) is 24.0 Å². The van der Waals surface area contributed by atoms with Crippen LogP contribution < -0.4 is 10.2 Å². The van der Waals surface area contributed by atoms with Gasteiger partial charge in [0.2, 0.25) is 5.91 Å². The van der Waals surface area contributed by atoms with Crippen molar-refractivity contribution in [1.29, 1.82) is 0 Å². The van der Waals surface area contributed by atoms with Gasteiger partial charge < -0.3 is 10.2 Å². The van der Waals surface area contributed by atoms with Crippen LogP contribution in [0.25, 0.3) is 10.9 Å². The van der Waals surface area contributed by atoms with Gasteiger partial charge in [-0.15, -0.1) is 0 Å². The molecule has 0 spiro atoms. The Morgan fingerprint density at radius 1 is 1.07 bits per heavy atom. The van der Waals surface area contributed by atoms with Crippen LogP contribution >= 0.6 is 0 Å². The van der Waals surface area contributed by atoms with Crippen molar-refractivity contribution in [2.75, 3.05) is 23.3 Å². The first-order chi connectivity index (χ1) is 13.7. The van der Waals surface area contributed by atoms with Gasteiger partial charge in [-0.1, -0.05) is 35.9 Å². The van der Waals surface area contributed by atoms with Crippen molar-refractivity contribution in [3.63, 3.8) is 0 Å². The summed E-state index contributed by atoms with van der Waals surface area (Å²) in [6, 6.07) is 18.4. The van der Waals surface area contributed by atoms with Crippen LogP contribution in [0, 0.1) is 12.8 Å². The molecule has 4 heteroatoms. The molecule has 1 unspecified atom stereocenters. The number of para-hydroxylation sites is 1. The van der Waals surface area contributed by atoms with E-state index in [1.807, 2.05) is 36.5 Å². The molecule has 144 valence electrons. The third-order valence-electron chi connectivity index (χ3n) is 5.62. The molecule has 2 heterocycles. The number of carbonyl (C=O) groups is 1. The number of nitrogens with one attached hydrogen (secondary N) is 1. The number of benzene rings is 2. The third kappa shape index (κ3) is 4.33. The second-order valence-electron chi connectivity index (χ2n) is 7.75. The first-order valence-electron chi connectivity index (χ1n) is 10.1. The monoisotopic (exact) mass is 373 g/mol. The predicted octanol–water partition coefficient (Wildman–Crippen LogP) is 5.18. The third-order valence-corrected chi connectivity index (χ3v) is 5.62. The molecule has 1 aliphatic heterocycles. The highest BCUT2D eigenvalue weighted by atomic mass is 16.1. The van der Waals surface area contributed by atoms with Crippen LogP contribution in [0.3, 0.4) is 0 Å². The van der Waals surface area contributed by atoms with Crippen LogP contribution in [0.5, 0.6) is 0 Å². The Hall–Kier alpha value is -2.88. The number of aromatic nitrogens is 1. The number of rotatable bonds is 4. The lowest BCUT2D eigenvalue weighted by atomic mass is 9.96. The maximum absolute atomic E-state index is 12.5. The molecule has 0 radical (unpaired) electrons. The molecule has 1 N–H and O–H groups in total. The van der Waals surface area contributed by atoms with E-state index in [0.717, 1.165) is 43.6 Å². The normalized spacial score (nSPS) is 17.3. The van der Waals surface area contributed by atoms with Gasteiger partial charge in [0.15, 0.2) is 0 Å². The Kier molecular flexibility index (Phi) is 5.56. The molecule has 0 bridgehead atoms. The fourth-order valence-corrected chi connectivity index (χ4v) is 4.08. The molecule has 1 aromatic heterocycles. The second-order valence-corrected chi connectivity index (χ2v) is 7.75. The van der Waals surface area contributed by atoms with E-state index in [1.165, 1.54) is 16.6 Å². The number of aryl methyl sites for hydroxylation is 1. The van der Waals surface area contributed by atoms with Crippen LogP contribution in [0.4, 0.5) is 11.4 Å². The van der Waals surface area contributed by atoms with Gasteiger partial charge in [0.25, 0.3) is 0 Å². The van der Waals surface area contributed by atoms with E-state index in [9.17, 15) is 4.79 Å². The van der Waals surface area contributed by atoms with Crippen molar-refractivity contribution in [2.45, 2.75) is 32.6 Å². The fourth-order valence-electron chi connectivity index (χ4n) is 4.08. The van der Waals surface area contributed by atoms with Crippen molar-refractivity contribution in [2.24, 2.45) is 5.92 Å². The lowest BCUT2D eigenvalue weighted by Crippen LogP contribution is -2.25. The summed E-state index contributed by atoms with van der Waals surface area (Å²) in [7, 11) is 0. The maximum atomic E-state index is 12.5. The van der Waals surface area contributed by atoms with E-state index in [1.54, 1.807) is 0 Å². The van der Waals surface area contributed by atoms with E-state index >= 15 is 0 Å². The summed E-state index contributed by atoms with van der Waals surface area (Å²) in [6.45, 7) is 4.06. The van der Waals surface area contributed by atoms with E-state index in [2.05, 4.69) is 46.4 Å². The highest BCUT2D eigenvalue weighted by Crippen LogP contribution is 2.29. The molecule has 4 rings (SSSR count). The Morgan fingerprint density at radius 3 is 2.75 bits per heavy atom. The molecular weight excluding hydrogens is 346 g/mol. The number of nitrogens with zero attached hydrogens (tertiary/aromatic N) is 2. The summed E-state index contributed by atoms with van der Waals surface area (Å²) in [5.41, 5.74) is 4.38. The number of pyridine rings is 1. The van der Waals surface area contributed by atoms with Crippen molar-refractivity contribution in [1.82, 2.24) is 4.98 Å². The molecule has 2 aromatic carbocycles. The minimum Gasteiger partial charge on any atom is -0.371 e. The van der Waals surface area contributed by atoms with Gasteiger partial charge in [-0.3, -0.25) is 9.78 Å². The highest BCUT2D eigenvalue weighted by molar-refractivity contribution is 5.92. The van der Waals surface area contributed by atoms with Gasteiger partial charge in [-0.05, 0) is 56.4 Å². The van der Waals surface area contributed by atoms with Crippen LogP contribution in [0.15, 0.2) is 60.8 Å². The molecule has 28 heavy (non-hydrogen) atoms. The number of anilines is 2. The van der Waals surface area contributed by atoms with Crippen molar-refractivity contribution < 1.29 is 4.79 Å². The molecule has 3 aromatic rings. The number of hydrogen-bond acceptors (Lipinski definition) is 3. The smallest absolute Gasteiger partial charge is 0.224 e. The molecule has 1 atom stereocenters. The van der Waals surface area contributed by atoms with E-state index < -0.39 is 0 Å². The number of amides is 1. The van der Waals surface area contributed by atoms with Crippen molar-refractivity contribution in [3.8, 4) is 0 Å². The lowest BCUT2D eigenvalue weighted by Gasteiger charge is -2.24. The molecule has 4 nitrogen and oxygen atoms in total. The topological polar surface area (TPSA) is 45.2 Å². The summed E-state index contributed by atoms with van der Waals surface area (Å²) < 4.78 is 0. The van der Waals surface area contributed by atoms with Gasteiger partial charge in [0.1, 0.15) is 0 Å². The largest absolute Gasteiger partial charge is 0.371 e. The van der Waals surface area contributed by atoms with Gasteiger partial charge in [-0.25, -0.2) is 0 Å². The molecule has 0 aliphatic carbocycles. The van der Waals surface area contributed by atoms with Crippen molar-refractivity contribution >= 4 is 28.2 Å². The zero-order chi connectivity index (χ0) is 19.3. The average Bonchev–Trinajstić information content (AvgIpc) is 2.95. The van der Waals surface area contributed by atoms with E-state index in [0.29, 0.717) is 12.3 Å². The second kappa shape index (κ2) is 8.42. The first-order valence-corrected chi connectivity index (χ1v) is 10.1. The van der Waals surface area contributed by atoms with Gasteiger partial charge >= 0.3 is 0 Å². The number of hydrogen-bond donors (Lipinski definition) is 1. The SMILES string of the molecule is Cc1ccc(NC(=O)CC2CCCN(c3ccnc4ccccc34)CC2)cc1. The van der Waals surface area contributed by atoms with Gasteiger partial charge in [0, 0.05) is 42.5 Å². The summed E-state index contributed by atoms with van der Waals surface area (Å²) in [6.07, 6.45) is 5.74. The standard InChI is InChI=1S/C24H27N3O/c1-18-8-10-20(11-9-18)26-24(28)17-19-5-4-15-27(16-13-19)23-12-14-25-22-7-3-2-6-21(22)23/h2-3,6-12,14,19H,4-5,13,15-17H2,1H3,(H,26,28). The summed E-state index contributed by atoms with van der Waals surface area (Å²) in [5, 5.41) is 4.25. The van der Waals surface area contributed by atoms with Crippen LogP contribution in [0.2, 0.25) is 0 Å². The van der Waals surface area contributed by atoms with E-state index in [4.69, 9.17) is 0 Å². The predicted molar refractivity (Wildman–Crippen MR) is 116 cm³/mol.